The Kier molecular flexibility index (Phi) is 2.87. The van der Waals surface area contributed by atoms with Gasteiger partial charge in [-0.2, -0.15) is 0 Å². The maximum absolute atomic E-state index is 5.76. The van der Waals surface area contributed by atoms with Gasteiger partial charge in [-0.1, -0.05) is 11.5 Å². The lowest BCUT2D eigenvalue weighted by molar-refractivity contribution is 0.117. The predicted molar refractivity (Wildman–Crippen MR) is 49.8 cm³/mol. The SMILES string of the molecule is [B]c1cc(C)cnc1C(C)OC. The fourth-order valence-corrected chi connectivity index (χ4v) is 1.05. The highest BCUT2D eigenvalue weighted by Gasteiger charge is 2.07. The van der Waals surface area contributed by atoms with Crippen LogP contribution in [0.1, 0.15) is 24.3 Å². The van der Waals surface area contributed by atoms with Gasteiger partial charge in [-0.3, -0.25) is 4.98 Å². The molecular formula is C9H12BNO. The molecule has 1 heterocycles. The maximum Gasteiger partial charge on any atom is 0.116 e. The number of hydrogen-bond donors (Lipinski definition) is 0. The van der Waals surface area contributed by atoms with Gasteiger partial charge in [-0.05, 0) is 19.4 Å². The average molecular weight is 161 g/mol. The van der Waals surface area contributed by atoms with Crippen molar-refractivity contribution in [2.24, 2.45) is 0 Å². The summed E-state index contributed by atoms with van der Waals surface area (Å²) in [4.78, 5) is 4.20. The first-order chi connectivity index (χ1) is 5.65. The lowest BCUT2D eigenvalue weighted by Crippen LogP contribution is -2.16. The molecule has 0 amide bonds. The van der Waals surface area contributed by atoms with E-state index in [1.807, 2.05) is 19.9 Å². The van der Waals surface area contributed by atoms with Crippen LogP contribution in [0, 0.1) is 6.92 Å². The third-order valence-corrected chi connectivity index (χ3v) is 1.82. The quantitative estimate of drug-likeness (QED) is 0.601. The van der Waals surface area contributed by atoms with Crippen LogP contribution in [0.5, 0.6) is 0 Å². The van der Waals surface area contributed by atoms with Crippen molar-refractivity contribution in [2.75, 3.05) is 7.11 Å². The molecule has 0 spiro atoms. The first-order valence-corrected chi connectivity index (χ1v) is 3.90. The van der Waals surface area contributed by atoms with Crippen LogP contribution in [0.2, 0.25) is 0 Å². The molecule has 3 heteroatoms. The van der Waals surface area contributed by atoms with Crippen molar-refractivity contribution < 1.29 is 4.74 Å². The second-order valence-corrected chi connectivity index (χ2v) is 2.87. The summed E-state index contributed by atoms with van der Waals surface area (Å²) in [5, 5.41) is 0. The van der Waals surface area contributed by atoms with E-state index < -0.39 is 0 Å². The highest BCUT2D eigenvalue weighted by Crippen LogP contribution is 2.09. The van der Waals surface area contributed by atoms with Crippen LogP contribution < -0.4 is 5.46 Å². The number of pyridine rings is 1. The van der Waals surface area contributed by atoms with Gasteiger partial charge in [0.2, 0.25) is 0 Å². The third kappa shape index (κ3) is 1.86. The molecule has 0 aliphatic carbocycles. The number of aryl methyl sites for hydroxylation is 1. The summed E-state index contributed by atoms with van der Waals surface area (Å²) >= 11 is 0. The zero-order valence-electron chi connectivity index (χ0n) is 7.66. The van der Waals surface area contributed by atoms with E-state index in [1.54, 1.807) is 13.3 Å². The minimum atomic E-state index is -0.0365. The first-order valence-electron chi connectivity index (χ1n) is 3.90. The number of aromatic nitrogens is 1. The van der Waals surface area contributed by atoms with Gasteiger partial charge < -0.3 is 4.74 Å². The van der Waals surface area contributed by atoms with Gasteiger partial charge in [0.15, 0.2) is 0 Å². The molecule has 12 heavy (non-hydrogen) atoms. The zero-order chi connectivity index (χ0) is 9.14. The molecule has 1 rings (SSSR count). The van der Waals surface area contributed by atoms with Crippen molar-refractivity contribution in [3.63, 3.8) is 0 Å². The molecule has 0 aliphatic heterocycles. The summed E-state index contributed by atoms with van der Waals surface area (Å²) in [6, 6.07) is 1.90. The summed E-state index contributed by atoms with van der Waals surface area (Å²) in [6.45, 7) is 3.89. The zero-order valence-corrected chi connectivity index (χ0v) is 7.66. The number of ether oxygens (including phenoxy) is 1. The predicted octanol–water partition coefficient (Wildman–Crippen LogP) is 0.891. The Morgan fingerprint density at radius 3 is 2.75 bits per heavy atom. The van der Waals surface area contributed by atoms with E-state index in [0.717, 1.165) is 11.3 Å². The molecule has 0 aromatic carbocycles. The van der Waals surface area contributed by atoms with Crippen molar-refractivity contribution in [2.45, 2.75) is 20.0 Å². The van der Waals surface area contributed by atoms with Crippen molar-refractivity contribution in [3.8, 4) is 0 Å². The van der Waals surface area contributed by atoms with E-state index in [0.29, 0.717) is 5.46 Å². The molecule has 1 aromatic rings. The Balaban J connectivity index is 3.01. The molecule has 2 nitrogen and oxygen atoms in total. The van der Waals surface area contributed by atoms with Gasteiger partial charge >= 0.3 is 0 Å². The summed E-state index contributed by atoms with van der Waals surface area (Å²) in [7, 11) is 7.40. The van der Waals surface area contributed by atoms with E-state index in [1.165, 1.54) is 0 Å². The van der Waals surface area contributed by atoms with Crippen LogP contribution in [0.3, 0.4) is 0 Å². The van der Waals surface area contributed by atoms with Crippen LogP contribution >= 0.6 is 0 Å². The molecule has 1 unspecified atom stereocenters. The minimum Gasteiger partial charge on any atom is -0.375 e. The second-order valence-electron chi connectivity index (χ2n) is 2.87. The smallest absolute Gasteiger partial charge is 0.116 e. The van der Waals surface area contributed by atoms with Crippen LogP contribution in [0.4, 0.5) is 0 Å². The molecule has 1 aromatic heterocycles. The van der Waals surface area contributed by atoms with Gasteiger partial charge in [-0.25, -0.2) is 0 Å². The topological polar surface area (TPSA) is 22.1 Å². The minimum absolute atomic E-state index is 0.0365. The molecule has 0 fully saturated rings. The normalized spacial score (nSPS) is 12.9. The molecule has 0 N–H and O–H groups in total. The summed E-state index contributed by atoms with van der Waals surface area (Å²) in [5.41, 5.74) is 2.58. The largest absolute Gasteiger partial charge is 0.375 e. The highest BCUT2D eigenvalue weighted by atomic mass is 16.5. The van der Waals surface area contributed by atoms with Gasteiger partial charge in [0.1, 0.15) is 7.85 Å². The lowest BCUT2D eigenvalue weighted by Gasteiger charge is -2.12. The molecule has 0 saturated carbocycles. The van der Waals surface area contributed by atoms with E-state index in [2.05, 4.69) is 4.98 Å². The van der Waals surface area contributed by atoms with Crippen LogP contribution in [0.15, 0.2) is 12.3 Å². The average Bonchev–Trinajstić information content (AvgIpc) is 2.03. The van der Waals surface area contributed by atoms with Crippen LogP contribution in [-0.4, -0.2) is 19.9 Å². The first kappa shape index (κ1) is 9.26. The fourth-order valence-electron chi connectivity index (χ4n) is 1.05. The fraction of sp³-hybridized carbons (Fsp3) is 0.444. The molecule has 1 atom stereocenters. The van der Waals surface area contributed by atoms with E-state index in [-0.39, 0.29) is 6.10 Å². The number of nitrogens with zero attached hydrogens (tertiary/aromatic N) is 1. The van der Waals surface area contributed by atoms with Crippen LogP contribution in [-0.2, 0) is 4.74 Å². The van der Waals surface area contributed by atoms with E-state index in [4.69, 9.17) is 12.6 Å². The lowest BCUT2D eigenvalue weighted by atomic mass is 9.91. The molecular weight excluding hydrogens is 149 g/mol. The van der Waals surface area contributed by atoms with E-state index in [9.17, 15) is 0 Å². The molecule has 2 radical (unpaired) electrons. The second kappa shape index (κ2) is 3.72. The summed E-state index contributed by atoms with van der Waals surface area (Å²) in [5.74, 6) is 0. The molecule has 0 saturated heterocycles. The molecule has 0 bridgehead atoms. The summed E-state index contributed by atoms with van der Waals surface area (Å²) in [6.07, 6.45) is 1.76. The van der Waals surface area contributed by atoms with Crippen molar-refractivity contribution in [1.82, 2.24) is 4.98 Å². The Morgan fingerprint density at radius 1 is 1.58 bits per heavy atom. The van der Waals surface area contributed by atoms with E-state index >= 15 is 0 Å². The monoisotopic (exact) mass is 161 g/mol. The van der Waals surface area contributed by atoms with Crippen LogP contribution in [0.25, 0.3) is 0 Å². The van der Waals surface area contributed by atoms with Gasteiger partial charge in [0, 0.05) is 13.3 Å². The van der Waals surface area contributed by atoms with Gasteiger partial charge in [-0.15, -0.1) is 0 Å². The van der Waals surface area contributed by atoms with Crippen molar-refractivity contribution >= 4 is 13.3 Å². The summed E-state index contributed by atoms with van der Waals surface area (Å²) < 4.78 is 5.11. The Morgan fingerprint density at radius 2 is 2.25 bits per heavy atom. The maximum atomic E-state index is 5.76. The standard InChI is InChI=1S/C9H12BNO/c1-6-4-8(10)9(11-5-6)7(2)12-3/h4-5,7H,1-3H3. The Labute approximate surface area is 74.4 Å². The number of rotatable bonds is 2. The number of hydrogen-bond acceptors (Lipinski definition) is 2. The molecule has 0 aliphatic rings. The van der Waals surface area contributed by atoms with Crippen molar-refractivity contribution in [3.05, 3.63) is 23.5 Å². The van der Waals surface area contributed by atoms with Gasteiger partial charge in [0.05, 0.1) is 11.8 Å². The number of methoxy groups -OCH3 is 1. The third-order valence-electron chi connectivity index (χ3n) is 1.82. The highest BCUT2D eigenvalue weighted by molar-refractivity contribution is 6.33. The Hall–Kier alpha value is -0.825. The molecule has 62 valence electrons. The Bertz CT molecular complexity index is 275. The van der Waals surface area contributed by atoms with Gasteiger partial charge in [0.25, 0.3) is 0 Å². The van der Waals surface area contributed by atoms with Crippen molar-refractivity contribution in [1.29, 1.82) is 0 Å².